The van der Waals surface area contributed by atoms with Gasteiger partial charge in [-0.2, -0.15) is 5.10 Å². The number of rotatable bonds is 3. The van der Waals surface area contributed by atoms with Gasteiger partial charge in [0.05, 0.1) is 10.6 Å². The molecule has 0 saturated carbocycles. The van der Waals surface area contributed by atoms with Crippen LogP contribution in [0.3, 0.4) is 0 Å². The number of carbonyl (C=O) groups is 1. The Morgan fingerprint density at radius 1 is 1.15 bits per heavy atom. The molecular weight excluding hydrogens is 434 g/mol. The Kier molecular flexibility index (Phi) is 5.07. The summed E-state index contributed by atoms with van der Waals surface area (Å²) >= 11 is 3.40. The van der Waals surface area contributed by atoms with E-state index in [1.165, 1.54) is 19.2 Å². The highest BCUT2D eigenvalue weighted by atomic mass is 79.9. The van der Waals surface area contributed by atoms with Gasteiger partial charge < -0.3 is 5.11 Å². The van der Waals surface area contributed by atoms with Crippen molar-refractivity contribution in [3.8, 4) is 0 Å². The van der Waals surface area contributed by atoms with Crippen LogP contribution in [0.5, 0.6) is 0 Å². The van der Waals surface area contributed by atoms with Gasteiger partial charge in [-0.15, -0.1) is 0 Å². The zero-order chi connectivity index (χ0) is 19.8. The van der Waals surface area contributed by atoms with Crippen LogP contribution < -0.4 is 5.43 Å². The molecule has 27 heavy (non-hydrogen) atoms. The number of hydrogen-bond donors (Lipinski definition) is 2. The Morgan fingerprint density at radius 3 is 2.48 bits per heavy atom. The third-order valence-corrected chi connectivity index (χ3v) is 6.63. The highest BCUT2D eigenvalue weighted by molar-refractivity contribution is 9.10. The molecule has 3 rings (SSSR count). The molecule has 0 radical (unpaired) electrons. The van der Waals surface area contributed by atoms with Gasteiger partial charge in [0.15, 0.2) is 11.5 Å². The number of sulfonamides is 1. The maximum atomic E-state index is 12.6. The van der Waals surface area contributed by atoms with Gasteiger partial charge in [-0.05, 0) is 25.1 Å². The smallest absolute Gasteiger partial charge is 0.292 e. The molecule has 0 aliphatic carbocycles. The third-order valence-electron chi connectivity index (χ3n) is 4.12. The van der Waals surface area contributed by atoms with Crippen molar-refractivity contribution < 1.29 is 18.3 Å². The fourth-order valence-corrected chi connectivity index (χ4v) is 4.65. The van der Waals surface area contributed by atoms with Gasteiger partial charge in [0.25, 0.3) is 15.9 Å². The number of hydrazone groups is 1. The van der Waals surface area contributed by atoms with Gasteiger partial charge >= 0.3 is 0 Å². The lowest BCUT2D eigenvalue weighted by molar-refractivity contribution is -0.118. The van der Waals surface area contributed by atoms with E-state index in [9.17, 15) is 18.3 Å². The highest BCUT2D eigenvalue weighted by Gasteiger charge is 2.37. The maximum absolute atomic E-state index is 12.6. The van der Waals surface area contributed by atoms with E-state index in [1.54, 1.807) is 19.1 Å². The van der Waals surface area contributed by atoms with Crippen LogP contribution in [0.1, 0.15) is 18.1 Å². The van der Waals surface area contributed by atoms with Crippen molar-refractivity contribution in [1.29, 1.82) is 0 Å². The fraction of sp³-hybridized carbons (Fsp3) is 0.111. The van der Waals surface area contributed by atoms with Gasteiger partial charge in [0.2, 0.25) is 0 Å². The summed E-state index contributed by atoms with van der Waals surface area (Å²) in [6, 6.07) is 13.3. The van der Waals surface area contributed by atoms with Crippen molar-refractivity contribution in [3.63, 3.8) is 0 Å². The predicted octanol–water partition coefficient (Wildman–Crippen LogP) is 2.85. The van der Waals surface area contributed by atoms with E-state index in [0.29, 0.717) is 5.71 Å². The number of amides is 1. The standard InChI is InChI=1S/C18H16BrN3O4S/c1-11(12-7-3-5-9-14(12)19)20-21-18(24)16-17(23)13-8-4-6-10-15(13)27(25,26)22(16)2/h3-10,23H,1-2H3,(H,21,24)/b20-11+. The van der Waals surface area contributed by atoms with E-state index in [4.69, 9.17) is 0 Å². The molecule has 0 bridgehead atoms. The fourth-order valence-electron chi connectivity index (χ4n) is 2.68. The summed E-state index contributed by atoms with van der Waals surface area (Å²) in [4.78, 5) is 12.5. The Bertz CT molecular complexity index is 1090. The molecule has 0 saturated heterocycles. The molecule has 1 aliphatic rings. The first-order valence-electron chi connectivity index (χ1n) is 7.86. The Balaban J connectivity index is 1.97. The van der Waals surface area contributed by atoms with Gasteiger partial charge in [-0.25, -0.2) is 13.8 Å². The largest absolute Gasteiger partial charge is 0.505 e. The van der Waals surface area contributed by atoms with E-state index < -0.39 is 27.4 Å². The SMILES string of the molecule is C/C(=N\NC(=O)C1=C(O)c2ccccc2S(=O)(=O)N1C)c1ccccc1Br. The summed E-state index contributed by atoms with van der Waals surface area (Å²) in [5.41, 5.74) is 3.28. The van der Waals surface area contributed by atoms with Crippen molar-refractivity contribution in [2.45, 2.75) is 11.8 Å². The van der Waals surface area contributed by atoms with Crippen LogP contribution in [-0.2, 0) is 14.8 Å². The van der Waals surface area contributed by atoms with Crippen molar-refractivity contribution in [3.05, 3.63) is 69.8 Å². The number of carbonyl (C=O) groups excluding carboxylic acids is 1. The first kappa shape index (κ1) is 19.1. The third kappa shape index (κ3) is 3.35. The molecule has 2 N–H and O–H groups in total. The molecule has 9 heteroatoms. The molecule has 7 nitrogen and oxygen atoms in total. The second-order valence-corrected chi connectivity index (χ2v) is 8.58. The minimum absolute atomic E-state index is 0.0607. The number of benzene rings is 2. The molecule has 0 atom stereocenters. The van der Waals surface area contributed by atoms with E-state index in [-0.39, 0.29) is 10.5 Å². The Morgan fingerprint density at radius 2 is 1.78 bits per heavy atom. The lowest BCUT2D eigenvalue weighted by Crippen LogP contribution is -2.38. The Hall–Kier alpha value is -2.65. The first-order chi connectivity index (χ1) is 12.7. The molecule has 1 aliphatic heterocycles. The minimum atomic E-state index is -3.95. The maximum Gasteiger partial charge on any atom is 0.292 e. The van der Waals surface area contributed by atoms with Crippen LogP contribution in [0.15, 0.2) is 68.7 Å². The zero-order valence-corrected chi connectivity index (χ0v) is 16.9. The summed E-state index contributed by atoms with van der Waals surface area (Å²) in [7, 11) is -2.74. The number of nitrogens with one attached hydrogen (secondary N) is 1. The van der Waals surface area contributed by atoms with Gasteiger partial charge in [-0.3, -0.25) is 9.10 Å². The van der Waals surface area contributed by atoms with Crippen molar-refractivity contribution >= 4 is 43.3 Å². The van der Waals surface area contributed by atoms with Crippen LogP contribution in [0, 0.1) is 0 Å². The summed E-state index contributed by atoms with van der Waals surface area (Å²) in [6.07, 6.45) is 0. The average Bonchev–Trinajstić information content (AvgIpc) is 2.65. The lowest BCUT2D eigenvalue weighted by Gasteiger charge is -2.27. The number of hydrogen-bond acceptors (Lipinski definition) is 5. The molecule has 1 amide bonds. The number of aliphatic hydroxyl groups excluding tert-OH is 1. The highest BCUT2D eigenvalue weighted by Crippen LogP contribution is 2.34. The quantitative estimate of drug-likeness (QED) is 0.555. The van der Waals surface area contributed by atoms with Crippen LogP contribution >= 0.6 is 15.9 Å². The molecule has 0 spiro atoms. The van der Waals surface area contributed by atoms with E-state index >= 15 is 0 Å². The molecule has 140 valence electrons. The van der Waals surface area contributed by atoms with Crippen LogP contribution in [0.25, 0.3) is 5.76 Å². The first-order valence-corrected chi connectivity index (χ1v) is 10.1. The lowest BCUT2D eigenvalue weighted by atomic mass is 10.1. The summed E-state index contributed by atoms with van der Waals surface area (Å²) in [5.74, 6) is -1.26. The molecule has 0 fully saturated rings. The Labute approximate surface area is 165 Å². The molecule has 1 heterocycles. The monoisotopic (exact) mass is 449 g/mol. The topological polar surface area (TPSA) is 99.1 Å². The number of likely N-dealkylation sites (N-methyl/N-ethyl adjacent to an activating group) is 1. The summed E-state index contributed by atoms with van der Waals surface area (Å²) in [5, 5.41) is 14.5. The molecule has 0 unspecified atom stereocenters. The second kappa shape index (κ2) is 7.16. The van der Waals surface area contributed by atoms with Crippen molar-refractivity contribution in [2.24, 2.45) is 5.10 Å². The van der Waals surface area contributed by atoms with Crippen LogP contribution in [-0.4, -0.2) is 36.5 Å². The molecule has 0 aromatic heterocycles. The van der Waals surface area contributed by atoms with Crippen LogP contribution in [0.2, 0.25) is 0 Å². The number of nitrogens with zero attached hydrogens (tertiary/aromatic N) is 2. The normalized spacial score (nSPS) is 16.1. The molecule has 2 aromatic carbocycles. The van der Waals surface area contributed by atoms with E-state index in [2.05, 4.69) is 26.5 Å². The summed E-state index contributed by atoms with van der Waals surface area (Å²) < 4.78 is 26.8. The van der Waals surface area contributed by atoms with Gasteiger partial charge in [0, 0.05) is 22.6 Å². The van der Waals surface area contributed by atoms with Crippen molar-refractivity contribution in [2.75, 3.05) is 7.05 Å². The van der Waals surface area contributed by atoms with Gasteiger partial charge in [0.1, 0.15) is 0 Å². The molecule has 2 aromatic rings. The predicted molar refractivity (Wildman–Crippen MR) is 105 cm³/mol. The van der Waals surface area contributed by atoms with Crippen molar-refractivity contribution in [1.82, 2.24) is 9.73 Å². The number of aliphatic hydroxyl groups is 1. The average molecular weight is 450 g/mol. The summed E-state index contributed by atoms with van der Waals surface area (Å²) in [6.45, 7) is 1.70. The zero-order valence-electron chi connectivity index (χ0n) is 14.5. The van der Waals surface area contributed by atoms with E-state index in [1.807, 2.05) is 24.3 Å². The number of fused-ring (bicyclic) bond motifs is 1. The van der Waals surface area contributed by atoms with E-state index in [0.717, 1.165) is 14.3 Å². The van der Waals surface area contributed by atoms with Gasteiger partial charge in [-0.1, -0.05) is 46.3 Å². The van der Waals surface area contributed by atoms with Crippen LogP contribution in [0.4, 0.5) is 0 Å². The minimum Gasteiger partial charge on any atom is -0.505 e. The number of halogens is 1. The molecular formula is C18H16BrN3O4S. The second-order valence-electron chi connectivity index (χ2n) is 5.78.